The van der Waals surface area contributed by atoms with Crippen molar-refractivity contribution >= 4 is 17.9 Å². The van der Waals surface area contributed by atoms with Crippen LogP contribution in [0.25, 0.3) is 5.82 Å². The number of nitrogens with one attached hydrogen (secondary N) is 1. The first-order valence-electron chi connectivity index (χ1n) is 11.5. The zero-order valence-corrected chi connectivity index (χ0v) is 19.2. The second-order valence-electron chi connectivity index (χ2n) is 8.08. The van der Waals surface area contributed by atoms with Gasteiger partial charge in [-0.05, 0) is 72.5 Å². The van der Waals surface area contributed by atoms with Crippen molar-refractivity contribution < 1.29 is 14.2 Å². The quantitative estimate of drug-likeness (QED) is 0.260. The highest BCUT2D eigenvalue weighted by atomic mass is 16.6. The minimum atomic E-state index is -0.491. The van der Waals surface area contributed by atoms with E-state index in [0.717, 1.165) is 50.1 Å². The summed E-state index contributed by atoms with van der Waals surface area (Å²) < 4.78 is 11.6. The van der Waals surface area contributed by atoms with Gasteiger partial charge in [-0.1, -0.05) is 25.0 Å². The van der Waals surface area contributed by atoms with Gasteiger partial charge >= 0.3 is 0 Å². The lowest BCUT2D eigenvalue weighted by atomic mass is 10.1. The molecule has 0 radical (unpaired) electrons. The second kappa shape index (κ2) is 11.4. The molecule has 1 amide bonds. The van der Waals surface area contributed by atoms with Gasteiger partial charge in [-0.25, -0.2) is 10.1 Å². The highest BCUT2D eigenvalue weighted by molar-refractivity contribution is 5.95. The Hall–Kier alpha value is -3.80. The molecule has 3 N–H and O–H groups in total. The number of benzene rings is 1. The highest BCUT2D eigenvalue weighted by Gasteiger charge is 2.26. The molecule has 0 saturated carbocycles. The lowest BCUT2D eigenvalue weighted by Crippen LogP contribution is -2.31. The Bertz CT molecular complexity index is 1100. The number of hydrazone groups is 1. The third-order valence-corrected chi connectivity index (χ3v) is 5.50. The van der Waals surface area contributed by atoms with E-state index in [1.54, 1.807) is 6.21 Å². The molecule has 12 heteroatoms. The fraction of sp³-hybridized carbons (Fsp3) is 0.455. The van der Waals surface area contributed by atoms with Crippen molar-refractivity contribution in [2.24, 2.45) is 5.10 Å². The third kappa shape index (κ3) is 5.76. The van der Waals surface area contributed by atoms with Crippen molar-refractivity contribution in [2.75, 3.05) is 25.4 Å². The number of aromatic nitrogens is 5. The number of nitrogen functional groups attached to an aromatic ring is 1. The first-order chi connectivity index (χ1) is 16.7. The number of rotatable bonds is 10. The number of ether oxygens (including phenoxy) is 1. The van der Waals surface area contributed by atoms with Crippen molar-refractivity contribution in [3.05, 3.63) is 41.2 Å². The Morgan fingerprint density at radius 1 is 1.24 bits per heavy atom. The van der Waals surface area contributed by atoms with Crippen LogP contribution in [0.15, 0.2) is 34.0 Å². The Kier molecular flexibility index (Phi) is 7.81. The zero-order valence-electron chi connectivity index (χ0n) is 19.2. The molecule has 0 spiro atoms. The lowest BCUT2D eigenvalue weighted by molar-refractivity contribution is 0.0944. The molecule has 4 rings (SSSR count). The first-order valence-corrected chi connectivity index (χ1v) is 11.5. The largest absolute Gasteiger partial charge is 0.494 e. The van der Waals surface area contributed by atoms with Crippen molar-refractivity contribution in [3.8, 4) is 11.6 Å². The van der Waals surface area contributed by atoms with Gasteiger partial charge in [0.2, 0.25) is 11.6 Å². The predicted molar refractivity (Wildman–Crippen MR) is 125 cm³/mol. The SMILES string of the molecule is CCCCOc1ccc(C=NNC(=O)c2c(CN3CCCCC3)nnn2-c2nonc2N)cc1. The molecule has 1 aliphatic rings. The van der Waals surface area contributed by atoms with Crippen LogP contribution in [0.2, 0.25) is 0 Å². The number of piperidine rings is 1. The number of hydrogen-bond donors (Lipinski definition) is 2. The fourth-order valence-corrected chi connectivity index (χ4v) is 3.67. The van der Waals surface area contributed by atoms with E-state index in [4.69, 9.17) is 10.5 Å². The summed E-state index contributed by atoms with van der Waals surface area (Å²) in [6, 6.07) is 7.47. The van der Waals surface area contributed by atoms with Crippen LogP contribution < -0.4 is 15.9 Å². The van der Waals surface area contributed by atoms with Crippen LogP contribution >= 0.6 is 0 Å². The summed E-state index contributed by atoms with van der Waals surface area (Å²) in [4.78, 5) is 15.3. The van der Waals surface area contributed by atoms with Gasteiger partial charge in [0.1, 0.15) is 11.4 Å². The molecule has 1 fully saturated rings. The van der Waals surface area contributed by atoms with Crippen molar-refractivity contribution in [1.29, 1.82) is 0 Å². The maximum atomic E-state index is 13.1. The Labute approximate surface area is 197 Å². The number of amides is 1. The molecule has 3 heterocycles. The molecule has 180 valence electrons. The average Bonchev–Trinajstić information content (AvgIpc) is 3.46. The summed E-state index contributed by atoms with van der Waals surface area (Å²) in [6.07, 6.45) is 7.08. The number of anilines is 1. The van der Waals surface area contributed by atoms with E-state index >= 15 is 0 Å². The molecule has 0 unspecified atom stereocenters. The normalized spacial score (nSPS) is 14.5. The van der Waals surface area contributed by atoms with Gasteiger partial charge in [0.25, 0.3) is 5.91 Å². The number of nitrogens with zero attached hydrogens (tertiary/aromatic N) is 7. The number of likely N-dealkylation sites (tertiary alicyclic amines) is 1. The molecule has 12 nitrogen and oxygen atoms in total. The summed E-state index contributed by atoms with van der Waals surface area (Å²) >= 11 is 0. The molecular formula is C22H29N9O3. The van der Waals surface area contributed by atoms with Gasteiger partial charge < -0.3 is 10.5 Å². The van der Waals surface area contributed by atoms with Gasteiger partial charge in [0.05, 0.1) is 12.8 Å². The smallest absolute Gasteiger partial charge is 0.292 e. The molecule has 1 aromatic carbocycles. The standard InChI is InChI=1S/C22H29N9O3/c1-2-3-13-33-17-9-7-16(8-10-17)14-24-26-22(32)19-18(15-30-11-5-4-6-12-30)25-29-31(19)21-20(23)27-34-28-21/h7-10,14H,2-6,11-13,15H2,1H3,(H2,23,27)(H,26,32). The zero-order chi connectivity index (χ0) is 23.8. The number of carbonyl (C=O) groups is 1. The second-order valence-corrected chi connectivity index (χ2v) is 8.08. The minimum absolute atomic E-state index is 0.00761. The molecule has 3 aromatic rings. The summed E-state index contributed by atoms with van der Waals surface area (Å²) in [5.74, 6) is 0.416. The molecule has 2 aromatic heterocycles. The van der Waals surface area contributed by atoms with Crippen LogP contribution in [0.1, 0.15) is 60.8 Å². The minimum Gasteiger partial charge on any atom is -0.494 e. The van der Waals surface area contributed by atoms with Crippen LogP contribution in [-0.4, -0.2) is 62.0 Å². The number of unbranched alkanes of at least 4 members (excludes halogenated alkanes) is 1. The number of nitrogens with two attached hydrogens (primary N) is 1. The fourth-order valence-electron chi connectivity index (χ4n) is 3.67. The molecule has 34 heavy (non-hydrogen) atoms. The van der Waals surface area contributed by atoms with Crippen LogP contribution in [0.4, 0.5) is 5.82 Å². The van der Waals surface area contributed by atoms with E-state index in [9.17, 15) is 4.79 Å². The molecule has 0 aliphatic carbocycles. The van der Waals surface area contributed by atoms with Crippen LogP contribution in [0, 0.1) is 0 Å². The summed E-state index contributed by atoms with van der Waals surface area (Å²) in [5.41, 5.74) is 9.88. The van der Waals surface area contributed by atoms with E-state index in [0.29, 0.717) is 18.8 Å². The van der Waals surface area contributed by atoms with E-state index in [1.165, 1.54) is 11.1 Å². The Balaban J connectivity index is 1.47. The lowest BCUT2D eigenvalue weighted by Gasteiger charge is -2.25. The van der Waals surface area contributed by atoms with E-state index in [2.05, 4.69) is 47.6 Å². The number of carbonyl (C=O) groups excluding carboxylic acids is 1. The van der Waals surface area contributed by atoms with Crippen molar-refractivity contribution in [2.45, 2.75) is 45.6 Å². The average molecular weight is 468 g/mol. The van der Waals surface area contributed by atoms with Gasteiger partial charge in [0, 0.05) is 6.54 Å². The van der Waals surface area contributed by atoms with Crippen molar-refractivity contribution in [3.63, 3.8) is 0 Å². The number of hydrogen-bond acceptors (Lipinski definition) is 10. The van der Waals surface area contributed by atoms with Crippen molar-refractivity contribution in [1.82, 2.24) is 35.6 Å². The topological polar surface area (TPSA) is 150 Å². The highest BCUT2D eigenvalue weighted by Crippen LogP contribution is 2.19. The third-order valence-electron chi connectivity index (χ3n) is 5.50. The maximum Gasteiger partial charge on any atom is 0.292 e. The molecule has 0 bridgehead atoms. The van der Waals surface area contributed by atoms with E-state index in [-0.39, 0.29) is 17.3 Å². The Morgan fingerprint density at radius 3 is 2.74 bits per heavy atom. The van der Waals surface area contributed by atoms with E-state index in [1.807, 2.05) is 24.3 Å². The van der Waals surface area contributed by atoms with Gasteiger partial charge in [0.15, 0.2) is 5.69 Å². The first kappa shape index (κ1) is 23.4. The van der Waals surface area contributed by atoms with Gasteiger partial charge in [-0.3, -0.25) is 9.69 Å². The molecular weight excluding hydrogens is 438 g/mol. The van der Waals surface area contributed by atoms with Gasteiger partial charge in [-0.15, -0.1) is 5.10 Å². The van der Waals surface area contributed by atoms with Gasteiger partial charge in [-0.2, -0.15) is 9.78 Å². The van der Waals surface area contributed by atoms with Crippen LogP contribution in [-0.2, 0) is 6.54 Å². The predicted octanol–water partition coefficient (Wildman–Crippen LogP) is 2.16. The summed E-state index contributed by atoms with van der Waals surface area (Å²) in [5, 5.41) is 19.7. The summed E-state index contributed by atoms with van der Waals surface area (Å²) in [7, 11) is 0. The Morgan fingerprint density at radius 2 is 2.03 bits per heavy atom. The molecule has 0 atom stereocenters. The monoisotopic (exact) mass is 467 g/mol. The maximum absolute atomic E-state index is 13.1. The van der Waals surface area contributed by atoms with Crippen LogP contribution in [0.3, 0.4) is 0 Å². The van der Waals surface area contributed by atoms with Crippen LogP contribution in [0.5, 0.6) is 5.75 Å². The molecule has 1 aliphatic heterocycles. The molecule has 1 saturated heterocycles. The van der Waals surface area contributed by atoms with E-state index < -0.39 is 5.91 Å². The summed E-state index contributed by atoms with van der Waals surface area (Å²) in [6.45, 7) is 5.17.